The minimum Gasteiger partial charge on any atom is -0.380 e. The number of halogens is 2. The summed E-state index contributed by atoms with van der Waals surface area (Å²) in [7, 11) is 0. The van der Waals surface area contributed by atoms with Gasteiger partial charge < -0.3 is 10.3 Å². The Balaban J connectivity index is 2.28. The first-order valence-electron chi connectivity index (χ1n) is 5.65. The Bertz CT molecular complexity index is 738. The van der Waals surface area contributed by atoms with Crippen molar-refractivity contribution in [2.75, 3.05) is 5.73 Å². The van der Waals surface area contributed by atoms with Crippen LogP contribution in [0.4, 0.5) is 5.82 Å². The van der Waals surface area contributed by atoms with Gasteiger partial charge in [-0.3, -0.25) is 0 Å². The minimum atomic E-state index is 0.215. The second kappa shape index (κ2) is 5.11. The Kier molecular flexibility index (Phi) is 3.30. The normalized spacial score (nSPS) is 10.7. The number of rotatable bonds is 2. The molecule has 0 aliphatic rings. The van der Waals surface area contributed by atoms with E-state index in [2.05, 4.69) is 15.4 Å². The van der Waals surface area contributed by atoms with Gasteiger partial charge in [-0.2, -0.15) is 10.2 Å². The molecule has 0 saturated carbocycles. The molecule has 20 heavy (non-hydrogen) atoms. The summed E-state index contributed by atoms with van der Waals surface area (Å²) in [6.07, 6.45) is 3.10. The lowest BCUT2D eigenvalue weighted by atomic mass is 10.0. The zero-order chi connectivity index (χ0) is 14.1. The maximum Gasteiger partial charge on any atom is 0.178 e. The van der Waals surface area contributed by atoms with Crippen LogP contribution in [0.25, 0.3) is 22.5 Å². The molecule has 3 aromatic rings. The van der Waals surface area contributed by atoms with E-state index in [1.54, 1.807) is 36.7 Å². The first kappa shape index (κ1) is 12.9. The Labute approximate surface area is 124 Å². The molecule has 0 aliphatic carbocycles. The predicted octanol–water partition coefficient (Wildman–Crippen LogP) is 3.69. The van der Waals surface area contributed by atoms with Gasteiger partial charge in [0.1, 0.15) is 0 Å². The Hall–Kier alpha value is -2.11. The molecule has 3 rings (SSSR count). The second-order valence-corrected chi connectivity index (χ2v) is 4.81. The second-order valence-electron chi connectivity index (χ2n) is 4.00. The van der Waals surface area contributed by atoms with Gasteiger partial charge in [0, 0.05) is 11.1 Å². The van der Waals surface area contributed by atoms with Crippen molar-refractivity contribution < 1.29 is 4.52 Å². The van der Waals surface area contributed by atoms with Crippen LogP contribution >= 0.6 is 23.2 Å². The summed E-state index contributed by atoms with van der Waals surface area (Å²) in [6, 6.07) is 6.94. The van der Waals surface area contributed by atoms with E-state index in [9.17, 15) is 0 Å². The summed E-state index contributed by atoms with van der Waals surface area (Å²) >= 11 is 12.4. The molecule has 100 valence electrons. The molecule has 0 fully saturated rings. The fraction of sp³-hybridized carbons (Fsp3) is 0. The van der Waals surface area contributed by atoms with Crippen molar-refractivity contribution in [2.45, 2.75) is 0 Å². The van der Waals surface area contributed by atoms with Crippen molar-refractivity contribution in [3.8, 4) is 22.5 Å². The molecule has 0 bridgehead atoms. The number of hydrogen-bond donors (Lipinski definition) is 1. The summed E-state index contributed by atoms with van der Waals surface area (Å²) in [4.78, 5) is 0. The molecule has 7 heteroatoms. The van der Waals surface area contributed by atoms with Gasteiger partial charge in [-0.1, -0.05) is 34.4 Å². The Morgan fingerprint density at radius 2 is 1.75 bits per heavy atom. The summed E-state index contributed by atoms with van der Waals surface area (Å²) in [6.45, 7) is 0. The van der Waals surface area contributed by atoms with Crippen molar-refractivity contribution in [3.63, 3.8) is 0 Å². The van der Waals surface area contributed by atoms with Gasteiger partial charge in [-0.25, -0.2) is 0 Å². The third-order valence-corrected chi connectivity index (χ3v) is 3.41. The highest BCUT2D eigenvalue weighted by Crippen LogP contribution is 2.43. The summed E-state index contributed by atoms with van der Waals surface area (Å²) in [5, 5.41) is 12.3. The van der Waals surface area contributed by atoms with Gasteiger partial charge in [0.15, 0.2) is 11.6 Å². The topological polar surface area (TPSA) is 77.8 Å². The number of anilines is 1. The zero-order valence-corrected chi connectivity index (χ0v) is 11.6. The van der Waals surface area contributed by atoms with Crippen molar-refractivity contribution in [2.24, 2.45) is 0 Å². The summed E-state index contributed by atoms with van der Waals surface area (Å²) in [5.74, 6) is 0.666. The average Bonchev–Trinajstić information content (AvgIpc) is 2.82. The van der Waals surface area contributed by atoms with Gasteiger partial charge >= 0.3 is 0 Å². The Morgan fingerprint density at radius 1 is 1.00 bits per heavy atom. The lowest BCUT2D eigenvalue weighted by molar-refractivity contribution is 0.436. The molecule has 0 atom stereocenters. The molecule has 1 aromatic carbocycles. The number of hydrogen-bond acceptors (Lipinski definition) is 5. The zero-order valence-electron chi connectivity index (χ0n) is 10.0. The largest absolute Gasteiger partial charge is 0.380 e. The minimum absolute atomic E-state index is 0.215. The van der Waals surface area contributed by atoms with Crippen LogP contribution in [-0.4, -0.2) is 15.4 Å². The molecular weight excluding hydrogens is 299 g/mol. The van der Waals surface area contributed by atoms with Crippen LogP contribution < -0.4 is 5.73 Å². The molecule has 2 heterocycles. The third kappa shape index (κ3) is 2.11. The van der Waals surface area contributed by atoms with E-state index >= 15 is 0 Å². The molecule has 2 aromatic heterocycles. The fourth-order valence-corrected chi connectivity index (χ4v) is 2.49. The summed E-state index contributed by atoms with van der Waals surface area (Å²) in [5.41, 5.74) is 7.71. The van der Waals surface area contributed by atoms with Crippen molar-refractivity contribution in [1.82, 2.24) is 15.4 Å². The highest BCUT2D eigenvalue weighted by atomic mass is 35.5. The van der Waals surface area contributed by atoms with Crippen LogP contribution in [0.5, 0.6) is 0 Å². The smallest absolute Gasteiger partial charge is 0.178 e. The first-order valence-corrected chi connectivity index (χ1v) is 6.40. The average molecular weight is 307 g/mol. The maximum atomic E-state index is 6.21. The highest BCUT2D eigenvalue weighted by Gasteiger charge is 2.22. The fourth-order valence-electron chi connectivity index (χ4n) is 1.90. The third-order valence-electron chi connectivity index (χ3n) is 2.78. The first-order chi connectivity index (χ1) is 9.68. The molecule has 0 aliphatic heterocycles. The van der Waals surface area contributed by atoms with Crippen molar-refractivity contribution >= 4 is 29.0 Å². The van der Waals surface area contributed by atoms with E-state index in [0.29, 0.717) is 32.5 Å². The van der Waals surface area contributed by atoms with Crippen LogP contribution in [0.3, 0.4) is 0 Å². The standard InChI is InChI=1S/C13H8Cl2N4O/c14-8-2-1-3-9(15)10(8)11-12(20-19-13(11)16)7-4-5-17-18-6-7/h1-6H,(H2,16,19). The molecule has 0 radical (unpaired) electrons. The molecule has 0 amide bonds. The maximum absolute atomic E-state index is 6.21. The van der Waals surface area contributed by atoms with Crippen LogP contribution in [0.1, 0.15) is 0 Å². The van der Waals surface area contributed by atoms with Gasteiger partial charge in [0.2, 0.25) is 0 Å². The van der Waals surface area contributed by atoms with Gasteiger partial charge in [-0.15, -0.1) is 0 Å². The Morgan fingerprint density at radius 3 is 2.40 bits per heavy atom. The van der Waals surface area contributed by atoms with E-state index in [1.165, 1.54) is 0 Å². The number of nitrogen functional groups attached to an aromatic ring is 1. The monoisotopic (exact) mass is 306 g/mol. The number of nitrogens with zero attached hydrogens (tertiary/aromatic N) is 3. The lowest BCUT2D eigenvalue weighted by Crippen LogP contribution is -1.91. The number of benzene rings is 1. The molecule has 0 saturated heterocycles. The van der Waals surface area contributed by atoms with E-state index in [4.69, 9.17) is 33.5 Å². The number of aromatic nitrogens is 3. The van der Waals surface area contributed by atoms with E-state index in [-0.39, 0.29) is 5.82 Å². The van der Waals surface area contributed by atoms with Crippen molar-refractivity contribution in [1.29, 1.82) is 0 Å². The molecule has 0 unspecified atom stereocenters. The molecular formula is C13H8Cl2N4O. The molecule has 2 N–H and O–H groups in total. The van der Waals surface area contributed by atoms with Gasteiger partial charge in [-0.05, 0) is 18.2 Å². The molecule has 0 spiro atoms. The van der Waals surface area contributed by atoms with Crippen molar-refractivity contribution in [3.05, 3.63) is 46.7 Å². The van der Waals surface area contributed by atoms with Gasteiger partial charge in [0.05, 0.1) is 28.0 Å². The number of nitrogens with two attached hydrogens (primary N) is 1. The predicted molar refractivity (Wildman–Crippen MR) is 77.4 cm³/mol. The lowest BCUT2D eigenvalue weighted by Gasteiger charge is -2.07. The van der Waals surface area contributed by atoms with Crippen LogP contribution in [0, 0.1) is 0 Å². The molecule has 5 nitrogen and oxygen atoms in total. The van der Waals surface area contributed by atoms with Gasteiger partial charge in [0.25, 0.3) is 0 Å². The van der Waals surface area contributed by atoms with Crippen LogP contribution in [0.2, 0.25) is 10.0 Å². The quantitative estimate of drug-likeness (QED) is 0.781. The van der Waals surface area contributed by atoms with E-state index < -0.39 is 0 Å². The van der Waals surface area contributed by atoms with E-state index in [1.807, 2.05) is 0 Å². The van der Waals surface area contributed by atoms with E-state index in [0.717, 1.165) is 0 Å². The SMILES string of the molecule is Nc1noc(-c2ccnnc2)c1-c1c(Cl)cccc1Cl. The van der Waals surface area contributed by atoms with Crippen LogP contribution in [0.15, 0.2) is 41.2 Å². The summed E-state index contributed by atoms with van der Waals surface area (Å²) < 4.78 is 5.29. The highest BCUT2D eigenvalue weighted by molar-refractivity contribution is 6.39. The van der Waals surface area contributed by atoms with Crippen LogP contribution in [-0.2, 0) is 0 Å².